The Hall–Kier alpha value is -2.18. The standard InChI is InChI=1S/C23H29N3O2S/c1-17(2)24-22(28)20-12-25(11-18-6-4-3-5-7-18)14-23(20)15-26(16-23)21(27)10-19-8-9-29-13-19/h3-9,13,17,20H,10-12,14-16H2,1-2H3,(H,24,28). The maximum absolute atomic E-state index is 13.0. The Morgan fingerprint density at radius 1 is 1.14 bits per heavy atom. The van der Waals surface area contributed by atoms with E-state index in [1.807, 2.05) is 41.6 Å². The van der Waals surface area contributed by atoms with E-state index in [9.17, 15) is 9.59 Å². The molecule has 1 unspecified atom stereocenters. The van der Waals surface area contributed by atoms with Crippen molar-refractivity contribution < 1.29 is 9.59 Å². The van der Waals surface area contributed by atoms with Crippen LogP contribution in [0.4, 0.5) is 0 Å². The summed E-state index contributed by atoms with van der Waals surface area (Å²) in [6.07, 6.45) is 0.455. The van der Waals surface area contributed by atoms with E-state index in [1.165, 1.54) is 5.56 Å². The van der Waals surface area contributed by atoms with E-state index in [0.29, 0.717) is 19.5 Å². The molecule has 0 bridgehead atoms. The third-order valence-corrected chi connectivity index (χ3v) is 6.75. The highest BCUT2D eigenvalue weighted by Crippen LogP contribution is 2.44. The molecule has 2 fully saturated rings. The fraction of sp³-hybridized carbons (Fsp3) is 0.478. The monoisotopic (exact) mass is 411 g/mol. The molecule has 0 saturated carbocycles. The van der Waals surface area contributed by atoms with Gasteiger partial charge >= 0.3 is 0 Å². The Labute approximate surface area is 176 Å². The first-order valence-electron chi connectivity index (χ1n) is 10.3. The molecular weight excluding hydrogens is 382 g/mol. The molecule has 2 aliphatic rings. The molecule has 2 saturated heterocycles. The van der Waals surface area contributed by atoms with Gasteiger partial charge in [0.2, 0.25) is 11.8 Å². The van der Waals surface area contributed by atoms with Crippen molar-refractivity contribution in [3.05, 3.63) is 58.3 Å². The molecule has 5 nitrogen and oxygen atoms in total. The van der Waals surface area contributed by atoms with Crippen LogP contribution >= 0.6 is 11.3 Å². The van der Waals surface area contributed by atoms with Gasteiger partial charge in [-0.25, -0.2) is 0 Å². The van der Waals surface area contributed by atoms with Gasteiger partial charge in [-0.15, -0.1) is 0 Å². The molecule has 2 aliphatic heterocycles. The maximum atomic E-state index is 13.0. The molecule has 1 aromatic heterocycles. The Bertz CT molecular complexity index is 844. The average Bonchev–Trinajstić information content (AvgIpc) is 3.28. The molecule has 1 aromatic carbocycles. The number of nitrogens with zero attached hydrogens (tertiary/aromatic N) is 2. The van der Waals surface area contributed by atoms with Crippen LogP contribution in [0.1, 0.15) is 25.0 Å². The minimum absolute atomic E-state index is 0.0705. The topological polar surface area (TPSA) is 52.7 Å². The van der Waals surface area contributed by atoms with Crippen LogP contribution in [0.15, 0.2) is 47.2 Å². The highest BCUT2D eigenvalue weighted by atomic mass is 32.1. The number of amides is 2. The highest BCUT2D eigenvalue weighted by molar-refractivity contribution is 7.08. The third kappa shape index (κ3) is 4.38. The van der Waals surface area contributed by atoms with E-state index >= 15 is 0 Å². The second-order valence-corrected chi connectivity index (χ2v) is 9.57. The molecule has 0 radical (unpaired) electrons. The third-order valence-electron chi connectivity index (χ3n) is 6.01. The van der Waals surface area contributed by atoms with Crippen molar-refractivity contribution in [1.29, 1.82) is 0 Å². The van der Waals surface area contributed by atoms with Crippen molar-refractivity contribution in [2.24, 2.45) is 11.3 Å². The molecule has 29 heavy (non-hydrogen) atoms. The lowest BCUT2D eigenvalue weighted by Crippen LogP contribution is -2.64. The largest absolute Gasteiger partial charge is 0.354 e. The number of thiophene rings is 1. The number of carbonyl (C=O) groups is 2. The van der Waals surface area contributed by atoms with Gasteiger partial charge in [0.15, 0.2) is 0 Å². The first-order valence-corrected chi connectivity index (χ1v) is 11.2. The minimum atomic E-state index is -0.127. The van der Waals surface area contributed by atoms with Gasteiger partial charge in [0.25, 0.3) is 0 Å². The molecule has 1 atom stereocenters. The zero-order chi connectivity index (χ0) is 20.4. The molecule has 3 heterocycles. The van der Waals surface area contributed by atoms with Gasteiger partial charge in [0, 0.05) is 44.2 Å². The summed E-state index contributed by atoms with van der Waals surface area (Å²) in [6, 6.07) is 12.5. The fourth-order valence-corrected chi connectivity index (χ4v) is 5.34. The van der Waals surface area contributed by atoms with Crippen LogP contribution in [0.5, 0.6) is 0 Å². The summed E-state index contributed by atoms with van der Waals surface area (Å²) in [6.45, 7) is 7.81. The molecule has 2 aromatic rings. The Balaban J connectivity index is 1.44. The van der Waals surface area contributed by atoms with E-state index in [0.717, 1.165) is 25.2 Å². The summed E-state index contributed by atoms with van der Waals surface area (Å²) >= 11 is 1.62. The summed E-state index contributed by atoms with van der Waals surface area (Å²) in [5.74, 6) is 0.220. The van der Waals surface area contributed by atoms with Gasteiger partial charge in [-0.2, -0.15) is 11.3 Å². The summed E-state index contributed by atoms with van der Waals surface area (Å²) < 4.78 is 0. The van der Waals surface area contributed by atoms with Crippen molar-refractivity contribution in [1.82, 2.24) is 15.1 Å². The van der Waals surface area contributed by atoms with Crippen LogP contribution in [-0.2, 0) is 22.6 Å². The molecule has 1 spiro atoms. The van der Waals surface area contributed by atoms with Gasteiger partial charge in [0.05, 0.1) is 12.3 Å². The Morgan fingerprint density at radius 3 is 2.55 bits per heavy atom. The second kappa shape index (κ2) is 8.28. The molecule has 154 valence electrons. The molecule has 6 heteroatoms. The molecule has 2 amide bonds. The normalized spacial score (nSPS) is 20.8. The van der Waals surface area contributed by atoms with Crippen molar-refractivity contribution in [2.75, 3.05) is 26.2 Å². The van der Waals surface area contributed by atoms with E-state index in [1.54, 1.807) is 11.3 Å². The maximum Gasteiger partial charge on any atom is 0.227 e. The zero-order valence-electron chi connectivity index (χ0n) is 17.1. The number of likely N-dealkylation sites (tertiary alicyclic amines) is 2. The SMILES string of the molecule is CC(C)NC(=O)C1CN(Cc2ccccc2)CC12CN(C(=O)Cc1ccsc1)C2. The summed E-state index contributed by atoms with van der Waals surface area (Å²) in [5, 5.41) is 7.14. The smallest absolute Gasteiger partial charge is 0.227 e. The minimum Gasteiger partial charge on any atom is -0.354 e. The number of rotatable bonds is 6. The first-order chi connectivity index (χ1) is 13.9. The highest BCUT2D eigenvalue weighted by Gasteiger charge is 2.57. The molecule has 1 N–H and O–H groups in total. The van der Waals surface area contributed by atoms with Crippen molar-refractivity contribution in [2.45, 2.75) is 32.9 Å². The van der Waals surface area contributed by atoms with Crippen LogP contribution in [0.3, 0.4) is 0 Å². The number of carbonyl (C=O) groups excluding carboxylic acids is 2. The Morgan fingerprint density at radius 2 is 1.90 bits per heavy atom. The second-order valence-electron chi connectivity index (χ2n) is 8.79. The van der Waals surface area contributed by atoms with Crippen LogP contribution in [0.25, 0.3) is 0 Å². The molecule has 0 aliphatic carbocycles. The average molecular weight is 412 g/mol. The van der Waals surface area contributed by atoms with Crippen LogP contribution in [0, 0.1) is 11.3 Å². The van der Waals surface area contributed by atoms with Crippen molar-refractivity contribution >= 4 is 23.2 Å². The van der Waals surface area contributed by atoms with Crippen LogP contribution < -0.4 is 5.32 Å². The Kier molecular flexibility index (Phi) is 5.74. The number of hydrogen-bond acceptors (Lipinski definition) is 4. The van der Waals surface area contributed by atoms with Gasteiger partial charge < -0.3 is 10.2 Å². The van der Waals surface area contributed by atoms with Gasteiger partial charge in [-0.3, -0.25) is 14.5 Å². The number of hydrogen-bond donors (Lipinski definition) is 1. The van der Waals surface area contributed by atoms with E-state index in [2.05, 4.69) is 34.5 Å². The predicted octanol–water partition coefficient (Wildman–Crippen LogP) is 2.78. The van der Waals surface area contributed by atoms with Crippen molar-refractivity contribution in [3.8, 4) is 0 Å². The van der Waals surface area contributed by atoms with Crippen LogP contribution in [-0.4, -0.2) is 53.8 Å². The van der Waals surface area contributed by atoms with E-state index in [4.69, 9.17) is 0 Å². The quantitative estimate of drug-likeness (QED) is 0.795. The van der Waals surface area contributed by atoms with Gasteiger partial charge in [-0.05, 0) is 41.8 Å². The van der Waals surface area contributed by atoms with Gasteiger partial charge in [-0.1, -0.05) is 30.3 Å². The lowest BCUT2D eigenvalue weighted by atomic mass is 9.71. The van der Waals surface area contributed by atoms with E-state index < -0.39 is 0 Å². The number of nitrogens with one attached hydrogen (secondary N) is 1. The summed E-state index contributed by atoms with van der Waals surface area (Å²) in [5.41, 5.74) is 2.21. The summed E-state index contributed by atoms with van der Waals surface area (Å²) in [7, 11) is 0. The summed E-state index contributed by atoms with van der Waals surface area (Å²) in [4.78, 5) is 29.9. The first kappa shape index (κ1) is 20.1. The van der Waals surface area contributed by atoms with Crippen molar-refractivity contribution in [3.63, 3.8) is 0 Å². The molecular formula is C23H29N3O2S. The number of benzene rings is 1. The lowest BCUT2D eigenvalue weighted by molar-refractivity contribution is -0.149. The van der Waals surface area contributed by atoms with Gasteiger partial charge in [0.1, 0.15) is 0 Å². The predicted molar refractivity (Wildman–Crippen MR) is 116 cm³/mol. The lowest BCUT2D eigenvalue weighted by Gasteiger charge is -2.50. The zero-order valence-corrected chi connectivity index (χ0v) is 18.0. The molecule has 4 rings (SSSR count). The fourth-order valence-electron chi connectivity index (χ4n) is 4.67. The van der Waals surface area contributed by atoms with Crippen LogP contribution in [0.2, 0.25) is 0 Å². The van der Waals surface area contributed by atoms with E-state index in [-0.39, 0.29) is 29.2 Å².